The van der Waals surface area contributed by atoms with Crippen molar-refractivity contribution in [3.05, 3.63) is 72.3 Å². The van der Waals surface area contributed by atoms with Crippen LogP contribution in [0.5, 0.6) is 0 Å². The molecule has 1 aromatic carbocycles. The van der Waals surface area contributed by atoms with E-state index in [-0.39, 0.29) is 5.91 Å². The Morgan fingerprint density at radius 2 is 1.70 bits per heavy atom. The fraction of sp³-hybridized carbons (Fsp3) is 0.188. The van der Waals surface area contributed by atoms with Gasteiger partial charge in [-0.3, -0.25) is 4.79 Å². The molecule has 0 fully saturated rings. The van der Waals surface area contributed by atoms with Crippen molar-refractivity contribution in [3.8, 4) is 0 Å². The van der Waals surface area contributed by atoms with Crippen molar-refractivity contribution in [2.24, 2.45) is 5.73 Å². The highest BCUT2D eigenvalue weighted by molar-refractivity contribution is 5.82. The molecule has 0 spiro atoms. The molecule has 0 aliphatic carbocycles. The number of imidazole rings is 2. The lowest BCUT2D eigenvalue weighted by atomic mass is 10.1. The summed E-state index contributed by atoms with van der Waals surface area (Å²) in [5.74, 6) is 0.937. The Labute approximate surface area is 133 Å². The molecule has 0 saturated heterocycles. The molecule has 2 heterocycles. The summed E-state index contributed by atoms with van der Waals surface area (Å²) in [4.78, 5) is 26.8. The second-order valence-corrected chi connectivity index (χ2v) is 5.19. The Hall–Kier alpha value is -2.93. The van der Waals surface area contributed by atoms with Gasteiger partial charge >= 0.3 is 0 Å². The number of carbonyl (C=O) groups excluding carboxylic acids is 1. The predicted molar refractivity (Wildman–Crippen MR) is 85.3 cm³/mol. The number of amides is 1. The Bertz CT molecular complexity index is 689. The number of carbonyl (C=O) groups is 1. The summed E-state index contributed by atoms with van der Waals surface area (Å²) in [6.07, 6.45) is 7.11. The van der Waals surface area contributed by atoms with Crippen LogP contribution in [0.2, 0.25) is 0 Å². The second-order valence-electron chi connectivity index (χ2n) is 5.19. The lowest BCUT2D eigenvalue weighted by Gasteiger charge is -2.18. The van der Waals surface area contributed by atoms with Gasteiger partial charge in [-0.05, 0) is 12.0 Å². The fourth-order valence-electron chi connectivity index (χ4n) is 2.35. The van der Waals surface area contributed by atoms with Crippen LogP contribution in [0.3, 0.4) is 0 Å². The van der Waals surface area contributed by atoms with Gasteiger partial charge in [0.15, 0.2) is 0 Å². The molecule has 5 N–H and O–H groups in total. The normalized spacial score (nSPS) is 12.3. The van der Waals surface area contributed by atoms with Gasteiger partial charge in [0.2, 0.25) is 5.91 Å². The van der Waals surface area contributed by atoms with Gasteiger partial charge in [0, 0.05) is 24.8 Å². The lowest BCUT2D eigenvalue weighted by Crippen LogP contribution is -2.44. The number of hydrogen-bond donors (Lipinski definition) is 4. The van der Waals surface area contributed by atoms with Gasteiger partial charge < -0.3 is 21.0 Å². The van der Waals surface area contributed by atoms with Gasteiger partial charge in [0.1, 0.15) is 17.7 Å². The van der Waals surface area contributed by atoms with E-state index in [1.807, 2.05) is 30.3 Å². The highest BCUT2D eigenvalue weighted by atomic mass is 16.2. The minimum Gasteiger partial charge on any atom is -0.346 e. The number of nitrogens with two attached hydrogens (primary N) is 1. The molecule has 1 atom stereocenters. The molecule has 0 aliphatic heterocycles. The minimum absolute atomic E-state index is 0.258. The fourth-order valence-corrected chi connectivity index (χ4v) is 2.35. The number of aromatic amines is 2. The first-order valence-electron chi connectivity index (χ1n) is 7.32. The minimum atomic E-state index is -0.648. The molecule has 0 radical (unpaired) electrons. The second kappa shape index (κ2) is 6.89. The van der Waals surface area contributed by atoms with Crippen LogP contribution >= 0.6 is 0 Å². The summed E-state index contributed by atoms with van der Waals surface area (Å²) >= 11 is 0. The summed E-state index contributed by atoms with van der Waals surface area (Å²) in [6.45, 7) is 0. The first-order valence-corrected chi connectivity index (χ1v) is 7.32. The zero-order valence-electron chi connectivity index (χ0n) is 12.4. The van der Waals surface area contributed by atoms with E-state index in [1.165, 1.54) is 0 Å². The zero-order valence-corrected chi connectivity index (χ0v) is 12.4. The number of hydrogen-bond acceptors (Lipinski definition) is 4. The van der Waals surface area contributed by atoms with Gasteiger partial charge in [-0.1, -0.05) is 30.3 Å². The Kier molecular flexibility index (Phi) is 4.49. The summed E-state index contributed by atoms with van der Waals surface area (Å²) in [6, 6.07) is 8.54. The number of nitrogens with one attached hydrogen (secondary N) is 3. The van der Waals surface area contributed by atoms with E-state index >= 15 is 0 Å². The molecule has 0 unspecified atom stereocenters. The molecule has 2 aromatic heterocycles. The number of rotatable bonds is 6. The highest BCUT2D eigenvalue weighted by Crippen LogP contribution is 2.15. The third-order valence-corrected chi connectivity index (χ3v) is 3.51. The topological polar surface area (TPSA) is 112 Å². The summed E-state index contributed by atoms with van der Waals surface area (Å²) in [5, 5.41) is 2.89. The molecule has 7 heteroatoms. The first-order chi connectivity index (χ1) is 11.2. The molecule has 23 heavy (non-hydrogen) atoms. The van der Waals surface area contributed by atoms with Gasteiger partial charge in [0.05, 0.1) is 6.04 Å². The molecule has 118 valence electrons. The number of H-pyrrole nitrogens is 2. The largest absolute Gasteiger partial charge is 0.346 e. The van der Waals surface area contributed by atoms with Crippen LogP contribution in [0, 0.1) is 0 Å². The lowest BCUT2D eigenvalue weighted by molar-refractivity contribution is -0.122. The number of nitrogens with zero attached hydrogens (tertiary/aromatic N) is 2. The summed E-state index contributed by atoms with van der Waals surface area (Å²) in [5.41, 5.74) is 7.05. The van der Waals surface area contributed by atoms with Crippen LogP contribution in [0.1, 0.15) is 23.3 Å². The maximum atomic E-state index is 12.4. The average Bonchev–Trinajstić information content (AvgIpc) is 3.27. The maximum Gasteiger partial charge on any atom is 0.238 e. The molecule has 0 saturated carbocycles. The third kappa shape index (κ3) is 3.64. The van der Waals surface area contributed by atoms with Gasteiger partial charge in [-0.25, -0.2) is 9.97 Å². The molecule has 0 aliphatic rings. The molecule has 1 amide bonds. The van der Waals surface area contributed by atoms with Gasteiger partial charge in [0.25, 0.3) is 0 Å². The Morgan fingerprint density at radius 1 is 1.09 bits per heavy atom. The highest BCUT2D eigenvalue weighted by Gasteiger charge is 2.24. The van der Waals surface area contributed by atoms with Crippen molar-refractivity contribution < 1.29 is 4.79 Å². The van der Waals surface area contributed by atoms with Crippen LogP contribution in [0.15, 0.2) is 55.1 Å². The summed E-state index contributed by atoms with van der Waals surface area (Å²) < 4.78 is 0. The van der Waals surface area contributed by atoms with Crippen molar-refractivity contribution in [2.75, 3.05) is 0 Å². The van der Waals surface area contributed by atoms with Crippen LogP contribution in [-0.2, 0) is 11.2 Å². The first kappa shape index (κ1) is 15.0. The SMILES string of the molecule is N[C@@H](Cc1ccccc1)C(=O)NC(c1ncc[nH]1)c1ncc[nH]1. The molecular formula is C16H18N6O. The molecule has 7 nitrogen and oxygen atoms in total. The van der Waals surface area contributed by atoms with Crippen LogP contribution in [0.25, 0.3) is 0 Å². The van der Waals surface area contributed by atoms with E-state index in [1.54, 1.807) is 24.8 Å². The summed E-state index contributed by atoms with van der Waals surface area (Å²) in [7, 11) is 0. The molecular weight excluding hydrogens is 292 g/mol. The molecule has 3 aromatic rings. The van der Waals surface area contributed by atoms with Crippen molar-refractivity contribution >= 4 is 5.91 Å². The van der Waals surface area contributed by atoms with Crippen LogP contribution in [-0.4, -0.2) is 31.9 Å². The smallest absolute Gasteiger partial charge is 0.238 e. The zero-order chi connectivity index (χ0) is 16.1. The Morgan fingerprint density at radius 3 is 2.22 bits per heavy atom. The number of benzene rings is 1. The van der Waals surface area contributed by atoms with Crippen LogP contribution in [0.4, 0.5) is 0 Å². The van der Waals surface area contributed by atoms with E-state index in [2.05, 4.69) is 25.3 Å². The van der Waals surface area contributed by atoms with E-state index in [4.69, 9.17) is 5.73 Å². The Balaban J connectivity index is 1.71. The predicted octanol–water partition coefficient (Wildman–Crippen LogP) is 0.908. The standard InChI is InChI=1S/C16H18N6O/c17-12(10-11-4-2-1-3-5-11)16(23)22-13(14-18-6-7-19-14)15-20-8-9-21-15/h1-9,12-13H,10,17H2,(H,18,19)(H,20,21)(H,22,23)/t12-/m0/s1. The van der Waals surface area contributed by atoms with Crippen molar-refractivity contribution in [1.29, 1.82) is 0 Å². The van der Waals surface area contributed by atoms with E-state index in [0.717, 1.165) is 5.56 Å². The quantitative estimate of drug-likeness (QED) is 0.542. The monoisotopic (exact) mass is 310 g/mol. The number of aromatic nitrogens is 4. The van der Waals surface area contributed by atoms with Crippen LogP contribution < -0.4 is 11.1 Å². The molecule has 3 rings (SSSR count). The van der Waals surface area contributed by atoms with E-state index < -0.39 is 12.1 Å². The van der Waals surface area contributed by atoms with Gasteiger partial charge in [-0.2, -0.15) is 0 Å². The molecule has 0 bridgehead atoms. The average molecular weight is 310 g/mol. The van der Waals surface area contributed by atoms with E-state index in [9.17, 15) is 4.79 Å². The van der Waals surface area contributed by atoms with Crippen molar-refractivity contribution in [1.82, 2.24) is 25.3 Å². The third-order valence-electron chi connectivity index (χ3n) is 3.51. The van der Waals surface area contributed by atoms with Crippen molar-refractivity contribution in [3.63, 3.8) is 0 Å². The van der Waals surface area contributed by atoms with Crippen molar-refractivity contribution in [2.45, 2.75) is 18.5 Å². The maximum absolute atomic E-state index is 12.4. The van der Waals surface area contributed by atoms with E-state index in [0.29, 0.717) is 18.1 Å². The van der Waals surface area contributed by atoms with Gasteiger partial charge in [-0.15, -0.1) is 0 Å².